The molecule has 2 aromatic heterocycles. The molecule has 2 heterocycles. The van der Waals surface area contributed by atoms with E-state index in [-0.39, 0.29) is 5.91 Å². The smallest absolute Gasteiger partial charge is 0.224 e. The average molecular weight is 365 g/mol. The number of nitrogens with zero attached hydrogens (tertiary/aromatic N) is 1. The number of pyridine rings is 1. The van der Waals surface area contributed by atoms with E-state index in [0.29, 0.717) is 12.8 Å². The molecule has 2 aromatic carbocycles. The van der Waals surface area contributed by atoms with E-state index in [0.717, 1.165) is 28.0 Å². The molecule has 0 saturated carbocycles. The Bertz CT molecular complexity index is 1170. The van der Waals surface area contributed by atoms with Crippen molar-refractivity contribution in [3.63, 3.8) is 0 Å². The predicted octanol–water partition coefficient (Wildman–Crippen LogP) is 4.53. The van der Waals surface area contributed by atoms with Gasteiger partial charge in [-0.05, 0) is 54.3 Å². The minimum absolute atomic E-state index is 0.0138. The van der Waals surface area contributed by atoms with Crippen molar-refractivity contribution in [3.05, 3.63) is 95.9 Å². The molecule has 2 N–H and O–H groups in total. The Morgan fingerprint density at radius 1 is 1.00 bits per heavy atom. The predicted molar refractivity (Wildman–Crippen MR) is 112 cm³/mol. The molecule has 0 atom stereocenters. The number of hydrogen-bond donors (Lipinski definition) is 2. The van der Waals surface area contributed by atoms with Crippen molar-refractivity contribution in [1.29, 1.82) is 0 Å². The van der Waals surface area contributed by atoms with Crippen LogP contribution in [0.25, 0.3) is 10.9 Å². The molecule has 4 aromatic rings. The summed E-state index contributed by atoms with van der Waals surface area (Å²) >= 11 is 0. The summed E-state index contributed by atoms with van der Waals surface area (Å²) in [6, 6.07) is 21.3. The summed E-state index contributed by atoms with van der Waals surface area (Å²) in [5.74, 6) is 6.09. The van der Waals surface area contributed by atoms with Gasteiger partial charge in [-0.3, -0.25) is 4.79 Å². The van der Waals surface area contributed by atoms with Crippen LogP contribution in [0.1, 0.15) is 23.2 Å². The largest absolute Gasteiger partial charge is 0.361 e. The number of hydrogen-bond acceptors (Lipinski definition) is 2. The number of amides is 1. The maximum absolute atomic E-state index is 12.4. The number of anilines is 1. The number of fused-ring (bicyclic) bond motifs is 1. The molecule has 1 amide bonds. The molecule has 0 aliphatic rings. The Hall–Kier alpha value is -3.84. The molecule has 4 rings (SSSR count). The summed E-state index contributed by atoms with van der Waals surface area (Å²) in [7, 11) is 0. The van der Waals surface area contributed by atoms with Gasteiger partial charge in [-0.25, -0.2) is 4.98 Å². The van der Waals surface area contributed by atoms with Crippen molar-refractivity contribution in [2.45, 2.75) is 12.8 Å². The monoisotopic (exact) mass is 365 g/mol. The lowest BCUT2D eigenvalue weighted by atomic mass is 10.1. The second kappa shape index (κ2) is 8.24. The van der Waals surface area contributed by atoms with Crippen LogP contribution >= 0.6 is 0 Å². The van der Waals surface area contributed by atoms with E-state index in [1.807, 2.05) is 66.9 Å². The summed E-state index contributed by atoms with van der Waals surface area (Å²) in [5.41, 5.74) is 4.55. The number of nitrogens with one attached hydrogen (secondary N) is 2. The summed E-state index contributed by atoms with van der Waals surface area (Å²) in [6.45, 7) is 0. The molecule has 0 spiro atoms. The van der Waals surface area contributed by atoms with Crippen molar-refractivity contribution < 1.29 is 4.79 Å². The number of aromatic nitrogens is 2. The molecule has 136 valence electrons. The van der Waals surface area contributed by atoms with Crippen molar-refractivity contribution >= 4 is 22.5 Å². The molecule has 0 radical (unpaired) electrons. The van der Waals surface area contributed by atoms with E-state index in [4.69, 9.17) is 0 Å². The van der Waals surface area contributed by atoms with Crippen molar-refractivity contribution in [3.8, 4) is 11.8 Å². The van der Waals surface area contributed by atoms with Gasteiger partial charge in [0.25, 0.3) is 0 Å². The minimum Gasteiger partial charge on any atom is -0.361 e. The fraction of sp³-hybridized carbons (Fsp3) is 0.0833. The molecular weight excluding hydrogens is 346 g/mol. The topological polar surface area (TPSA) is 57.8 Å². The molecule has 0 saturated heterocycles. The molecule has 0 unspecified atom stereocenters. The highest BCUT2D eigenvalue weighted by atomic mass is 16.1. The van der Waals surface area contributed by atoms with Gasteiger partial charge in [0.1, 0.15) is 5.69 Å². The molecule has 0 aliphatic heterocycles. The second-order valence-electron chi connectivity index (χ2n) is 6.45. The van der Waals surface area contributed by atoms with Crippen LogP contribution in [-0.4, -0.2) is 15.9 Å². The van der Waals surface area contributed by atoms with Crippen LogP contribution in [-0.2, 0) is 11.2 Å². The van der Waals surface area contributed by atoms with Gasteiger partial charge < -0.3 is 10.3 Å². The first kappa shape index (κ1) is 17.6. The molecule has 0 bridgehead atoms. The fourth-order valence-electron chi connectivity index (χ4n) is 3.06. The van der Waals surface area contributed by atoms with E-state index >= 15 is 0 Å². The summed E-state index contributed by atoms with van der Waals surface area (Å²) in [6.07, 6.45) is 4.81. The Morgan fingerprint density at radius 3 is 2.79 bits per heavy atom. The number of para-hydroxylation sites is 1. The van der Waals surface area contributed by atoms with Gasteiger partial charge in [0, 0.05) is 41.0 Å². The van der Waals surface area contributed by atoms with Gasteiger partial charge >= 0.3 is 0 Å². The summed E-state index contributed by atoms with van der Waals surface area (Å²) < 4.78 is 0. The minimum atomic E-state index is -0.0138. The maximum Gasteiger partial charge on any atom is 0.224 e. The van der Waals surface area contributed by atoms with E-state index in [1.54, 1.807) is 6.20 Å². The quantitative estimate of drug-likeness (QED) is 0.522. The summed E-state index contributed by atoms with van der Waals surface area (Å²) in [4.78, 5) is 19.8. The zero-order valence-corrected chi connectivity index (χ0v) is 15.3. The van der Waals surface area contributed by atoms with E-state index in [1.165, 1.54) is 5.39 Å². The molecule has 4 heteroatoms. The van der Waals surface area contributed by atoms with Crippen LogP contribution < -0.4 is 5.32 Å². The third-order valence-corrected chi connectivity index (χ3v) is 4.44. The average Bonchev–Trinajstić information content (AvgIpc) is 3.15. The van der Waals surface area contributed by atoms with Gasteiger partial charge in [0.05, 0.1) is 0 Å². The first-order chi connectivity index (χ1) is 13.8. The van der Waals surface area contributed by atoms with Gasteiger partial charge in [-0.2, -0.15) is 0 Å². The van der Waals surface area contributed by atoms with E-state index in [2.05, 4.69) is 33.2 Å². The van der Waals surface area contributed by atoms with Gasteiger partial charge in [0.2, 0.25) is 5.91 Å². The van der Waals surface area contributed by atoms with Crippen LogP contribution in [0.3, 0.4) is 0 Å². The van der Waals surface area contributed by atoms with E-state index < -0.39 is 0 Å². The third kappa shape index (κ3) is 4.28. The van der Waals surface area contributed by atoms with Crippen LogP contribution in [0.2, 0.25) is 0 Å². The molecule has 0 aliphatic carbocycles. The van der Waals surface area contributed by atoms with Gasteiger partial charge in [-0.15, -0.1) is 0 Å². The Kier molecular flexibility index (Phi) is 5.17. The number of rotatable bonds is 4. The van der Waals surface area contributed by atoms with E-state index in [9.17, 15) is 4.79 Å². The second-order valence-corrected chi connectivity index (χ2v) is 6.45. The number of aryl methyl sites for hydroxylation is 1. The normalized spacial score (nSPS) is 10.3. The van der Waals surface area contributed by atoms with Gasteiger partial charge in [-0.1, -0.05) is 36.3 Å². The number of H-pyrrole nitrogens is 1. The zero-order chi connectivity index (χ0) is 19.2. The summed E-state index contributed by atoms with van der Waals surface area (Å²) in [5, 5.41) is 4.13. The van der Waals surface area contributed by atoms with Crippen molar-refractivity contribution in [2.75, 3.05) is 5.32 Å². The van der Waals surface area contributed by atoms with Crippen LogP contribution in [0.15, 0.2) is 79.1 Å². The number of benzene rings is 2. The SMILES string of the molecule is O=C(CCc1c[nH]c2ccccc12)Nc1cccc(C#Cc2ccccn2)c1. The Balaban J connectivity index is 1.39. The first-order valence-electron chi connectivity index (χ1n) is 9.16. The third-order valence-electron chi connectivity index (χ3n) is 4.44. The molecule has 4 nitrogen and oxygen atoms in total. The first-order valence-corrected chi connectivity index (χ1v) is 9.16. The van der Waals surface area contributed by atoms with Crippen LogP contribution in [0, 0.1) is 11.8 Å². The lowest BCUT2D eigenvalue weighted by molar-refractivity contribution is -0.116. The van der Waals surface area contributed by atoms with Gasteiger partial charge in [0.15, 0.2) is 0 Å². The standard InChI is InChI=1S/C24H19N3O/c28-24(14-12-19-17-26-23-10-2-1-9-22(19)23)27-21-8-5-6-18(16-21)11-13-20-7-3-4-15-25-20/h1-10,15-17,26H,12,14H2,(H,27,28). The Labute approximate surface area is 163 Å². The lowest BCUT2D eigenvalue weighted by Crippen LogP contribution is -2.12. The molecular formula is C24H19N3O. The highest BCUT2D eigenvalue weighted by molar-refractivity contribution is 5.91. The maximum atomic E-state index is 12.4. The molecule has 28 heavy (non-hydrogen) atoms. The van der Waals surface area contributed by atoms with Crippen LogP contribution in [0.5, 0.6) is 0 Å². The number of aromatic amines is 1. The Morgan fingerprint density at radius 2 is 1.89 bits per heavy atom. The lowest BCUT2D eigenvalue weighted by Gasteiger charge is -2.05. The highest BCUT2D eigenvalue weighted by Gasteiger charge is 2.07. The molecule has 0 fully saturated rings. The number of carbonyl (C=O) groups excluding carboxylic acids is 1. The van der Waals surface area contributed by atoms with Crippen molar-refractivity contribution in [1.82, 2.24) is 9.97 Å². The zero-order valence-electron chi connectivity index (χ0n) is 15.3. The van der Waals surface area contributed by atoms with Crippen LogP contribution in [0.4, 0.5) is 5.69 Å². The fourth-order valence-corrected chi connectivity index (χ4v) is 3.06. The highest BCUT2D eigenvalue weighted by Crippen LogP contribution is 2.19. The van der Waals surface area contributed by atoms with Crippen molar-refractivity contribution in [2.24, 2.45) is 0 Å². The number of carbonyl (C=O) groups is 1.